The second-order valence-corrected chi connectivity index (χ2v) is 3.82. The molecule has 0 spiro atoms. The molecule has 0 unspecified atom stereocenters. The first kappa shape index (κ1) is 11.0. The molecule has 0 aliphatic carbocycles. The van der Waals surface area contributed by atoms with Crippen molar-refractivity contribution in [3.05, 3.63) is 0 Å². The predicted octanol–water partition coefficient (Wildman–Crippen LogP) is 0.519. The van der Waals surface area contributed by atoms with Crippen LogP contribution in [0.15, 0.2) is 0 Å². The number of aliphatic hydroxyl groups excluding tert-OH is 1. The van der Waals surface area contributed by atoms with Crippen LogP contribution in [0, 0.1) is 17.2 Å². The topological polar surface area (TPSA) is 64.3 Å². The molecule has 78 valence electrons. The summed E-state index contributed by atoms with van der Waals surface area (Å²) < 4.78 is 0. The van der Waals surface area contributed by atoms with Crippen LogP contribution in [0.4, 0.5) is 0 Å². The van der Waals surface area contributed by atoms with E-state index in [9.17, 15) is 9.90 Å². The third-order valence-corrected chi connectivity index (χ3v) is 2.72. The molecule has 4 nitrogen and oxygen atoms in total. The van der Waals surface area contributed by atoms with Crippen LogP contribution in [0.3, 0.4) is 0 Å². The number of piperidine rings is 1. The molecule has 0 bridgehead atoms. The number of rotatable bonds is 2. The minimum Gasteiger partial charge on any atom is -0.393 e. The summed E-state index contributed by atoms with van der Waals surface area (Å²) in [4.78, 5) is 13.1. The van der Waals surface area contributed by atoms with Gasteiger partial charge in [0, 0.05) is 19.0 Å². The summed E-state index contributed by atoms with van der Waals surface area (Å²) in [6, 6.07) is 1.86. The predicted molar refractivity (Wildman–Crippen MR) is 51.2 cm³/mol. The van der Waals surface area contributed by atoms with Gasteiger partial charge in [0.1, 0.15) is 6.42 Å². The van der Waals surface area contributed by atoms with Crippen molar-refractivity contribution < 1.29 is 9.90 Å². The fourth-order valence-corrected chi connectivity index (χ4v) is 1.81. The van der Waals surface area contributed by atoms with E-state index in [1.807, 2.05) is 6.07 Å². The number of carbonyl (C=O) groups is 1. The van der Waals surface area contributed by atoms with Crippen molar-refractivity contribution in [1.82, 2.24) is 4.90 Å². The van der Waals surface area contributed by atoms with Crippen LogP contribution >= 0.6 is 0 Å². The molecule has 1 N–H and O–H groups in total. The average molecular weight is 196 g/mol. The minimum absolute atomic E-state index is 0.0491. The fraction of sp³-hybridized carbons (Fsp3) is 0.800. The molecule has 1 amide bonds. The zero-order valence-corrected chi connectivity index (χ0v) is 8.44. The SMILES string of the molecule is C[C@@H](O)[C@@H]1CCCN(C(=O)CC#N)C1. The molecule has 1 fully saturated rings. The molecule has 0 aromatic rings. The number of nitrogens with zero attached hydrogens (tertiary/aromatic N) is 2. The number of nitriles is 1. The van der Waals surface area contributed by atoms with Gasteiger partial charge in [-0.25, -0.2) is 0 Å². The zero-order chi connectivity index (χ0) is 10.6. The Labute approximate surface area is 84.1 Å². The van der Waals surface area contributed by atoms with Gasteiger partial charge in [0.2, 0.25) is 5.91 Å². The van der Waals surface area contributed by atoms with E-state index < -0.39 is 0 Å². The van der Waals surface area contributed by atoms with Gasteiger partial charge in [-0.3, -0.25) is 4.79 Å². The zero-order valence-electron chi connectivity index (χ0n) is 8.44. The van der Waals surface area contributed by atoms with E-state index >= 15 is 0 Å². The highest BCUT2D eigenvalue weighted by Crippen LogP contribution is 2.19. The van der Waals surface area contributed by atoms with Crippen LogP contribution in [0.1, 0.15) is 26.2 Å². The van der Waals surface area contributed by atoms with Crippen LogP contribution in [-0.2, 0) is 4.79 Å². The van der Waals surface area contributed by atoms with E-state index in [4.69, 9.17) is 5.26 Å². The Morgan fingerprint density at radius 1 is 1.79 bits per heavy atom. The maximum absolute atomic E-state index is 11.4. The Morgan fingerprint density at radius 2 is 2.50 bits per heavy atom. The monoisotopic (exact) mass is 196 g/mol. The average Bonchev–Trinajstić information content (AvgIpc) is 2.18. The Bertz CT molecular complexity index is 245. The summed E-state index contributed by atoms with van der Waals surface area (Å²) in [5.41, 5.74) is 0. The first-order chi connectivity index (χ1) is 6.65. The van der Waals surface area contributed by atoms with Gasteiger partial charge in [-0.1, -0.05) is 0 Å². The van der Waals surface area contributed by atoms with E-state index in [2.05, 4.69) is 0 Å². The van der Waals surface area contributed by atoms with Crippen molar-refractivity contribution in [3.8, 4) is 6.07 Å². The molecule has 1 heterocycles. The molecule has 1 aliphatic heterocycles. The van der Waals surface area contributed by atoms with Crippen molar-refractivity contribution in [2.24, 2.45) is 5.92 Å². The van der Waals surface area contributed by atoms with Gasteiger partial charge in [-0.2, -0.15) is 5.26 Å². The van der Waals surface area contributed by atoms with E-state index in [-0.39, 0.29) is 24.3 Å². The summed E-state index contributed by atoms with van der Waals surface area (Å²) in [7, 11) is 0. The van der Waals surface area contributed by atoms with E-state index in [0.717, 1.165) is 19.4 Å². The fourth-order valence-electron chi connectivity index (χ4n) is 1.81. The van der Waals surface area contributed by atoms with E-state index in [0.29, 0.717) is 6.54 Å². The van der Waals surface area contributed by atoms with Crippen LogP contribution in [0.25, 0.3) is 0 Å². The third-order valence-electron chi connectivity index (χ3n) is 2.72. The normalized spacial score (nSPS) is 24.1. The van der Waals surface area contributed by atoms with E-state index in [1.165, 1.54) is 0 Å². The van der Waals surface area contributed by atoms with Gasteiger partial charge < -0.3 is 10.0 Å². The Hall–Kier alpha value is -1.08. The Morgan fingerprint density at radius 3 is 3.07 bits per heavy atom. The van der Waals surface area contributed by atoms with Crippen LogP contribution in [-0.4, -0.2) is 35.1 Å². The second kappa shape index (κ2) is 4.97. The number of likely N-dealkylation sites (tertiary alicyclic amines) is 1. The van der Waals surface area contributed by atoms with Crippen molar-refractivity contribution in [1.29, 1.82) is 5.26 Å². The minimum atomic E-state index is -0.368. The van der Waals surface area contributed by atoms with Gasteiger partial charge in [0.25, 0.3) is 0 Å². The number of hydrogen-bond donors (Lipinski definition) is 1. The van der Waals surface area contributed by atoms with Gasteiger partial charge >= 0.3 is 0 Å². The highest BCUT2D eigenvalue weighted by molar-refractivity contribution is 5.78. The summed E-state index contributed by atoms with van der Waals surface area (Å²) >= 11 is 0. The summed E-state index contributed by atoms with van der Waals surface area (Å²) in [6.45, 7) is 3.07. The van der Waals surface area contributed by atoms with Crippen LogP contribution in [0.5, 0.6) is 0 Å². The van der Waals surface area contributed by atoms with Crippen molar-refractivity contribution in [2.45, 2.75) is 32.3 Å². The standard InChI is InChI=1S/C10H16N2O2/c1-8(13)9-3-2-6-12(7-9)10(14)4-5-11/h8-9,13H,2-4,6-7H2,1H3/t8-,9-/m1/s1. The van der Waals surface area contributed by atoms with Gasteiger partial charge in [0.05, 0.1) is 12.2 Å². The molecule has 1 rings (SSSR count). The number of hydrogen-bond acceptors (Lipinski definition) is 3. The summed E-state index contributed by atoms with van der Waals surface area (Å²) in [5, 5.41) is 17.8. The smallest absolute Gasteiger partial charge is 0.236 e. The molecule has 14 heavy (non-hydrogen) atoms. The van der Waals surface area contributed by atoms with Crippen LogP contribution in [0.2, 0.25) is 0 Å². The third kappa shape index (κ3) is 2.71. The van der Waals surface area contributed by atoms with Crippen LogP contribution < -0.4 is 0 Å². The Kier molecular flexibility index (Phi) is 3.90. The molecule has 0 saturated carbocycles. The van der Waals surface area contributed by atoms with Gasteiger partial charge in [-0.15, -0.1) is 0 Å². The number of amides is 1. The van der Waals surface area contributed by atoms with Gasteiger partial charge in [-0.05, 0) is 19.8 Å². The largest absolute Gasteiger partial charge is 0.393 e. The lowest BCUT2D eigenvalue weighted by Crippen LogP contribution is -2.42. The second-order valence-electron chi connectivity index (χ2n) is 3.82. The summed E-state index contributed by atoms with van der Waals surface area (Å²) in [5.74, 6) is 0.0595. The summed E-state index contributed by atoms with van der Waals surface area (Å²) in [6.07, 6.45) is 1.47. The number of carbonyl (C=O) groups excluding carboxylic acids is 1. The molecular formula is C10H16N2O2. The lowest BCUT2D eigenvalue weighted by atomic mass is 9.93. The molecule has 1 saturated heterocycles. The molecule has 1 aliphatic rings. The molecule has 0 aromatic heterocycles. The number of aliphatic hydroxyl groups is 1. The first-order valence-electron chi connectivity index (χ1n) is 4.98. The van der Waals surface area contributed by atoms with Crippen molar-refractivity contribution in [2.75, 3.05) is 13.1 Å². The van der Waals surface area contributed by atoms with E-state index in [1.54, 1.807) is 11.8 Å². The molecule has 2 atom stereocenters. The highest BCUT2D eigenvalue weighted by atomic mass is 16.3. The lowest BCUT2D eigenvalue weighted by Gasteiger charge is -2.33. The molecule has 4 heteroatoms. The first-order valence-corrected chi connectivity index (χ1v) is 4.98. The molecular weight excluding hydrogens is 180 g/mol. The van der Waals surface area contributed by atoms with Crippen molar-refractivity contribution in [3.63, 3.8) is 0 Å². The maximum Gasteiger partial charge on any atom is 0.236 e. The molecule has 0 radical (unpaired) electrons. The van der Waals surface area contributed by atoms with Gasteiger partial charge in [0.15, 0.2) is 0 Å². The quantitative estimate of drug-likeness (QED) is 0.700. The lowest BCUT2D eigenvalue weighted by molar-refractivity contribution is -0.132. The molecule has 0 aromatic carbocycles. The highest BCUT2D eigenvalue weighted by Gasteiger charge is 2.25. The maximum atomic E-state index is 11.4. The van der Waals surface area contributed by atoms with Crippen molar-refractivity contribution >= 4 is 5.91 Å². The Balaban J connectivity index is 2.48.